The van der Waals surface area contributed by atoms with E-state index in [1.165, 1.54) is 25.4 Å². The summed E-state index contributed by atoms with van der Waals surface area (Å²) in [6, 6.07) is 4.58. The second kappa shape index (κ2) is 6.66. The maximum atomic E-state index is 12.2. The monoisotopic (exact) mass is 311 g/mol. The number of rotatable bonds is 7. The molecule has 1 aromatic carbocycles. The van der Waals surface area contributed by atoms with Crippen LogP contribution in [0.25, 0.3) is 0 Å². The van der Waals surface area contributed by atoms with Crippen LogP contribution < -0.4 is 15.2 Å². The molecule has 0 saturated carbocycles. The van der Waals surface area contributed by atoms with Crippen molar-refractivity contribution in [2.75, 3.05) is 13.7 Å². The van der Waals surface area contributed by atoms with Crippen LogP contribution in [-0.4, -0.2) is 37.1 Å². The summed E-state index contributed by atoms with van der Waals surface area (Å²) in [5.41, 5.74) is 6.22. The highest BCUT2D eigenvalue weighted by Crippen LogP contribution is 2.21. The molecule has 0 aliphatic rings. The first-order chi connectivity index (χ1) is 10.1. The van der Waals surface area contributed by atoms with Gasteiger partial charge in [0.05, 0.1) is 24.7 Å². The molecular weight excluding hydrogens is 294 g/mol. The van der Waals surface area contributed by atoms with Crippen molar-refractivity contribution in [1.29, 1.82) is 0 Å². The molecule has 0 bridgehead atoms. The van der Waals surface area contributed by atoms with E-state index in [-0.39, 0.29) is 18.0 Å². The first-order valence-electron chi connectivity index (χ1n) is 6.27. The van der Waals surface area contributed by atoms with E-state index in [0.29, 0.717) is 17.9 Å². The van der Waals surface area contributed by atoms with E-state index in [1.807, 2.05) is 0 Å². The number of benzene rings is 1. The molecule has 8 nitrogen and oxygen atoms in total. The standard InChI is InChI=1S/C12H17N5O3S/c1-20-12-3-2-11(8-10(12)9-13)21(18,19)15-5-7-17-6-4-14-16-17/h2-4,6,8,15H,5,7,9,13H2,1H3. The maximum absolute atomic E-state index is 12.2. The van der Waals surface area contributed by atoms with Gasteiger partial charge in [-0.25, -0.2) is 13.1 Å². The van der Waals surface area contributed by atoms with E-state index in [1.54, 1.807) is 16.9 Å². The lowest BCUT2D eigenvalue weighted by molar-refractivity contribution is 0.409. The average Bonchev–Trinajstić information content (AvgIpc) is 2.99. The third-order valence-electron chi connectivity index (χ3n) is 2.89. The van der Waals surface area contributed by atoms with E-state index in [4.69, 9.17) is 10.5 Å². The first kappa shape index (κ1) is 15.4. The van der Waals surface area contributed by atoms with Crippen molar-refractivity contribution in [2.45, 2.75) is 18.0 Å². The molecule has 0 unspecified atom stereocenters. The van der Waals surface area contributed by atoms with Gasteiger partial charge in [0.15, 0.2) is 0 Å². The molecule has 0 radical (unpaired) electrons. The minimum Gasteiger partial charge on any atom is -0.496 e. The molecule has 0 fully saturated rings. The maximum Gasteiger partial charge on any atom is 0.240 e. The number of ether oxygens (including phenoxy) is 1. The fraction of sp³-hybridized carbons (Fsp3) is 0.333. The van der Waals surface area contributed by atoms with Gasteiger partial charge in [-0.3, -0.25) is 4.68 Å². The summed E-state index contributed by atoms with van der Waals surface area (Å²) in [6.45, 7) is 0.820. The molecule has 0 amide bonds. The highest BCUT2D eigenvalue weighted by atomic mass is 32.2. The van der Waals surface area contributed by atoms with Crippen LogP contribution in [0.1, 0.15) is 5.56 Å². The Morgan fingerprint density at radius 3 is 2.86 bits per heavy atom. The fourth-order valence-corrected chi connectivity index (χ4v) is 2.88. The number of methoxy groups -OCH3 is 1. The largest absolute Gasteiger partial charge is 0.496 e. The van der Waals surface area contributed by atoms with Gasteiger partial charge in [0.25, 0.3) is 0 Å². The zero-order valence-corrected chi connectivity index (χ0v) is 12.4. The minimum absolute atomic E-state index is 0.155. The molecule has 0 spiro atoms. The first-order valence-corrected chi connectivity index (χ1v) is 7.76. The third-order valence-corrected chi connectivity index (χ3v) is 4.35. The summed E-state index contributed by atoms with van der Waals surface area (Å²) >= 11 is 0. The van der Waals surface area contributed by atoms with E-state index >= 15 is 0 Å². The molecular formula is C12H17N5O3S. The summed E-state index contributed by atoms with van der Waals surface area (Å²) in [5.74, 6) is 0.569. The molecule has 114 valence electrons. The van der Waals surface area contributed by atoms with Crippen LogP contribution in [0.2, 0.25) is 0 Å². The molecule has 1 aromatic heterocycles. The van der Waals surface area contributed by atoms with Crippen molar-refractivity contribution in [3.63, 3.8) is 0 Å². The number of hydrogen-bond donors (Lipinski definition) is 2. The molecule has 2 rings (SSSR count). The van der Waals surface area contributed by atoms with Crippen LogP contribution >= 0.6 is 0 Å². The Hall–Kier alpha value is -1.97. The lowest BCUT2D eigenvalue weighted by Gasteiger charge is -2.10. The van der Waals surface area contributed by atoms with Gasteiger partial charge in [0.1, 0.15) is 5.75 Å². The van der Waals surface area contributed by atoms with Crippen LogP contribution in [0.4, 0.5) is 0 Å². The number of nitrogens with zero attached hydrogens (tertiary/aromatic N) is 3. The van der Waals surface area contributed by atoms with Crippen molar-refractivity contribution in [3.05, 3.63) is 36.2 Å². The van der Waals surface area contributed by atoms with Crippen LogP contribution in [0.5, 0.6) is 5.75 Å². The van der Waals surface area contributed by atoms with Crippen LogP contribution in [-0.2, 0) is 23.1 Å². The van der Waals surface area contributed by atoms with Gasteiger partial charge in [0.2, 0.25) is 10.0 Å². The molecule has 9 heteroatoms. The Morgan fingerprint density at radius 1 is 1.43 bits per heavy atom. The quantitative estimate of drug-likeness (QED) is 0.727. The SMILES string of the molecule is COc1ccc(S(=O)(=O)NCCn2ccnn2)cc1CN. The smallest absolute Gasteiger partial charge is 0.240 e. The van der Waals surface area contributed by atoms with Gasteiger partial charge in [-0.2, -0.15) is 0 Å². The summed E-state index contributed by atoms with van der Waals surface area (Å²) < 4.78 is 33.5. The molecule has 1 heterocycles. The topological polar surface area (TPSA) is 112 Å². The Kier molecular flexibility index (Phi) is 4.89. The van der Waals surface area contributed by atoms with Gasteiger partial charge >= 0.3 is 0 Å². The zero-order valence-electron chi connectivity index (χ0n) is 11.6. The second-order valence-electron chi connectivity index (χ2n) is 4.24. The lowest BCUT2D eigenvalue weighted by Crippen LogP contribution is -2.27. The van der Waals surface area contributed by atoms with Crippen LogP contribution in [0.3, 0.4) is 0 Å². The van der Waals surface area contributed by atoms with E-state index in [2.05, 4.69) is 15.0 Å². The number of hydrogen-bond acceptors (Lipinski definition) is 6. The Morgan fingerprint density at radius 2 is 2.24 bits per heavy atom. The summed E-state index contributed by atoms with van der Waals surface area (Å²) in [6.07, 6.45) is 3.19. The Labute approximate surface area is 123 Å². The molecule has 3 N–H and O–H groups in total. The third kappa shape index (κ3) is 3.78. The second-order valence-corrected chi connectivity index (χ2v) is 6.01. The van der Waals surface area contributed by atoms with E-state index in [9.17, 15) is 8.42 Å². The highest BCUT2D eigenvalue weighted by molar-refractivity contribution is 7.89. The van der Waals surface area contributed by atoms with Gasteiger partial charge in [-0.05, 0) is 18.2 Å². The predicted octanol–water partition coefficient (Wildman–Crippen LogP) is -0.276. The average molecular weight is 311 g/mol. The number of sulfonamides is 1. The zero-order chi connectivity index (χ0) is 15.3. The van der Waals surface area contributed by atoms with Crippen molar-refractivity contribution in [1.82, 2.24) is 19.7 Å². The number of nitrogens with one attached hydrogen (secondary N) is 1. The highest BCUT2D eigenvalue weighted by Gasteiger charge is 2.15. The normalized spacial score (nSPS) is 11.5. The lowest BCUT2D eigenvalue weighted by atomic mass is 10.2. The van der Waals surface area contributed by atoms with Crippen LogP contribution in [0, 0.1) is 0 Å². The number of nitrogens with two attached hydrogens (primary N) is 1. The molecule has 0 aliphatic heterocycles. The summed E-state index contributed by atoms with van der Waals surface area (Å²) in [4.78, 5) is 0.155. The Balaban J connectivity index is 2.08. The summed E-state index contributed by atoms with van der Waals surface area (Å²) in [5, 5.41) is 7.40. The Bertz CT molecular complexity index is 685. The molecule has 0 aliphatic carbocycles. The van der Waals surface area contributed by atoms with Crippen LogP contribution in [0.15, 0.2) is 35.5 Å². The van der Waals surface area contributed by atoms with Crippen molar-refractivity contribution in [2.24, 2.45) is 5.73 Å². The van der Waals surface area contributed by atoms with Gasteiger partial charge in [-0.15, -0.1) is 5.10 Å². The van der Waals surface area contributed by atoms with Crippen molar-refractivity contribution >= 4 is 10.0 Å². The van der Waals surface area contributed by atoms with Crippen molar-refractivity contribution in [3.8, 4) is 5.75 Å². The van der Waals surface area contributed by atoms with Gasteiger partial charge in [-0.1, -0.05) is 5.21 Å². The van der Waals surface area contributed by atoms with Gasteiger partial charge in [0, 0.05) is 24.8 Å². The minimum atomic E-state index is -3.59. The van der Waals surface area contributed by atoms with E-state index in [0.717, 1.165) is 0 Å². The number of aromatic nitrogens is 3. The molecule has 21 heavy (non-hydrogen) atoms. The fourth-order valence-electron chi connectivity index (χ4n) is 1.81. The van der Waals surface area contributed by atoms with E-state index < -0.39 is 10.0 Å². The predicted molar refractivity (Wildman–Crippen MR) is 76.1 cm³/mol. The summed E-state index contributed by atoms with van der Waals surface area (Å²) in [7, 11) is -2.08. The van der Waals surface area contributed by atoms with Crippen molar-refractivity contribution < 1.29 is 13.2 Å². The van der Waals surface area contributed by atoms with Gasteiger partial charge < -0.3 is 10.5 Å². The molecule has 0 saturated heterocycles. The molecule has 0 atom stereocenters. The molecule has 2 aromatic rings.